The van der Waals surface area contributed by atoms with Gasteiger partial charge in [-0.05, 0) is 22.3 Å². The van der Waals surface area contributed by atoms with Gasteiger partial charge in [-0.2, -0.15) is 0 Å². The largest absolute Gasteiger partial charge is 0.481 e. The quantitative estimate of drug-likeness (QED) is 0.503. The number of terminal acetylenes is 1. The summed E-state index contributed by atoms with van der Waals surface area (Å²) >= 11 is 0. The summed E-state index contributed by atoms with van der Waals surface area (Å²) in [6, 6.07) is 12.2. The van der Waals surface area contributed by atoms with Gasteiger partial charge in [-0.15, -0.1) is 12.3 Å². The fourth-order valence-electron chi connectivity index (χ4n) is 3.78. The van der Waals surface area contributed by atoms with Crippen molar-refractivity contribution >= 4 is 18.0 Å². The summed E-state index contributed by atoms with van der Waals surface area (Å²) in [6.45, 7) is -0.0110. The number of hydrogen-bond donors (Lipinski definition) is 3. The molecule has 0 bridgehead atoms. The van der Waals surface area contributed by atoms with Crippen LogP contribution < -0.4 is 10.6 Å². The highest BCUT2D eigenvalue weighted by Crippen LogP contribution is 2.44. The maximum Gasteiger partial charge on any atom is 0.407 e. The molecule has 9 heteroatoms. The van der Waals surface area contributed by atoms with E-state index < -0.39 is 42.9 Å². The lowest BCUT2D eigenvalue weighted by atomic mass is 9.98. The highest BCUT2D eigenvalue weighted by atomic mass is 19.3. The number of carboxylic acid groups (broad SMARTS) is 1. The Balaban J connectivity index is 1.64. The van der Waals surface area contributed by atoms with Crippen molar-refractivity contribution < 1.29 is 33.0 Å². The second kappa shape index (κ2) is 10.6. The first-order valence-electron chi connectivity index (χ1n) is 10.2. The van der Waals surface area contributed by atoms with E-state index >= 15 is 0 Å². The van der Waals surface area contributed by atoms with Crippen LogP contribution in [0.3, 0.4) is 0 Å². The zero-order chi connectivity index (χ0) is 24.0. The molecule has 0 fully saturated rings. The average molecular weight is 456 g/mol. The third kappa shape index (κ3) is 5.66. The van der Waals surface area contributed by atoms with Gasteiger partial charge in [0, 0.05) is 12.3 Å². The van der Waals surface area contributed by atoms with Crippen LogP contribution >= 0.6 is 0 Å². The summed E-state index contributed by atoms with van der Waals surface area (Å²) in [5, 5.41) is 12.9. The summed E-state index contributed by atoms with van der Waals surface area (Å²) in [7, 11) is 0. The van der Waals surface area contributed by atoms with Crippen LogP contribution in [0.4, 0.5) is 13.6 Å². The molecule has 2 atom stereocenters. The predicted molar refractivity (Wildman–Crippen MR) is 116 cm³/mol. The van der Waals surface area contributed by atoms with E-state index in [1.54, 1.807) is 0 Å². The Bertz CT molecular complexity index is 1040. The molecule has 2 unspecified atom stereocenters. The number of fused-ring (bicyclic) bond motifs is 3. The molecule has 0 saturated heterocycles. The summed E-state index contributed by atoms with van der Waals surface area (Å²) < 4.78 is 31.4. The van der Waals surface area contributed by atoms with Gasteiger partial charge in [0.2, 0.25) is 5.91 Å². The summed E-state index contributed by atoms with van der Waals surface area (Å²) in [6.07, 6.45) is -0.0889. The Kier molecular flexibility index (Phi) is 7.61. The van der Waals surface area contributed by atoms with Crippen LogP contribution in [-0.4, -0.2) is 48.2 Å². The Morgan fingerprint density at radius 3 is 2.12 bits per heavy atom. The van der Waals surface area contributed by atoms with Crippen LogP contribution in [0.5, 0.6) is 0 Å². The van der Waals surface area contributed by atoms with E-state index in [1.165, 1.54) is 0 Å². The molecule has 33 heavy (non-hydrogen) atoms. The standard InChI is InChI=1S/C24H22F2N2O5/c1-2-7-19(23(31)27-20(22(25)26)12-21(29)30)28-24(32)33-13-18-16-10-5-3-8-14(16)15-9-4-6-11-17(15)18/h1,3-6,8-11,18-20,22H,7,12-13H2,(H,27,31)(H,28,32)(H,29,30). The van der Waals surface area contributed by atoms with Gasteiger partial charge in [0.25, 0.3) is 6.43 Å². The van der Waals surface area contributed by atoms with Gasteiger partial charge in [0.05, 0.1) is 6.42 Å². The lowest BCUT2D eigenvalue weighted by Crippen LogP contribution is -2.51. The smallest absolute Gasteiger partial charge is 0.407 e. The van der Waals surface area contributed by atoms with Crippen LogP contribution in [-0.2, 0) is 14.3 Å². The number of benzene rings is 2. The second-order valence-corrected chi connectivity index (χ2v) is 7.48. The monoisotopic (exact) mass is 456 g/mol. The molecule has 2 amide bonds. The number of carboxylic acids is 1. The summed E-state index contributed by atoms with van der Waals surface area (Å²) in [4.78, 5) is 35.5. The first-order valence-corrected chi connectivity index (χ1v) is 10.2. The number of nitrogens with one attached hydrogen (secondary N) is 2. The molecule has 3 rings (SSSR count). The molecule has 7 nitrogen and oxygen atoms in total. The molecule has 172 valence electrons. The zero-order valence-corrected chi connectivity index (χ0v) is 17.5. The number of aliphatic carboxylic acids is 1. The van der Waals surface area contributed by atoms with E-state index in [2.05, 4.69) is 11.2 Å². The lowest BCUT2D eigenvalue weighted by Gasteiger charge is -2.21. The van der Waals surface area contributed by atoms with Crippen LogP contribution in [0.2, 0.25) is 0 Å². The zero-order valence-electron chi connectivity index (χ0n) is 17.5. The number of amides is 2. The van der Waals surface area contributed by atoms with E-state index in [-0.39, 0.29) is 18.9 Å². The SMILES string of the molecule is C#CCC(NC(=O)OCC1c2ccccc2-c2ccccc21)C(=O)NC(CC(=O)O)C(F)F. The van der Waals surface area contributed by atoms with Crippen LogP contribution in [0.1, 0.15) is 29.9 Å². The first kappa shape index (κ1) is 23.7. The van der Waals surface area contributed by atoms with Crippen molar-refractivity contribution in [1.29, 1.82) is 0 Å². The molecule has 1 aliphatic carbocycles. The van der Waals surface area contributed by atoms with E-state index in [0.717, 1.165) is 22.3 Å². The van der Waals surface area contributed by atoms with E-state index in [9.17, 15) is 23.2 Å². The molecule has 0 aromatic heterocycles. The topological polar surface area (TPSA) is 105 Å². The summed E-state index contributed by atoms with van der Waals surface area (Å²) in [5.41, 5.74) is 4.09. The van der Waals surface area contributed by atoms with Crippen molar-refractivity contribution in [3.63, 3.8) is 0 Å². The van der Waals surface area contributed by atoms with Gasteiger partial charge in [0.1, 0.15) is 18.7 Å². The maximum atomic E-state index is 13.0. The number of alkyl carbamates (subject to hydrolysis) is 1. The lowest BCUT2D eigenvalue weighted by molar-refractivity contribution is -0.139. The Labute approximate surface area is 189 Å². The molecule has 2 aromatic rings. The Morgan fingerprint density at radius 1 is 1.03 bits per heavy atom. The molecule has 0 saturated carbocycles. The maximum absolute atomic E-state index is 13.0. The van der Waals surface area contributed by atoms with E-state index in [1.807, 2.05) is 53.8 Å². The average Bonchev–Trinajstić information content (AvgIpc) is 3.10. The third-order valence-electron chi connectivity index (χ3n) is 5.30. The molecule has 2 aromatic carbocycles. The fraction of sp³-hybridized carbons (Fsp3) is 0.292. The number of rotatable bonds is 9. The van der Waals surface area contributed by atoms with Crippen LogP contribution in [0.25, 0.3) is 11.1 Å². The predicted octanol–water partition coefficient (Wildman–Crippen LogP) is 3.14. The molecule has 0 heterocycles. The van der Waals surface area contributed by atoms with Crippen molar-refractivity contribution in [2.24, 2.45) is 0 Å². The molecule has 0 radical (unpaired) electrons. The molecule has 3 N–H and O–H groups in total. The van der Waals surface area contributed by atoms with Crippen LogP contribution in [0.15, 0.2) is 48.5 Å². The van der Waals surface area contributed by atoms with Gasteiger partial charge in [-0.3, -0.25) is 9.59 Å². The van der Waals surface area contributed by atoms with Crippen molar-refractivity contribution in [2.75, 3.05) is 6.61 Å². The van der Waals surface area contributed by atoms with Crippen molar-refractivity contribution in [2.45, 2.75) is 37.3 Å². The summed E-state index contributed by atoms with van der Waals surface area (Å²) in [5.74, 6) is -0.543. The van der Waals surface area contributed by atoms with Gasteiger partial charge in [-0.25, -0.2) is 13.6 Å². The molecule has 1 aliphatic rings. The molecule has 0 aliphatic heterocycles. The third-order valence-corrected chi connectivity index (χ3v) is 5.30. The molecule has 0 spiro atoms. The first-order chi connectivity index (χ1) is 15.8. The van der Waals surface area contributed by atoms with Crippen molar-refractivity contribution in [1.82, 2.24) is 10.6 Å². The van der Waals surface area contributed by atoms with Gasteiger partial charge >= 0.3 is 12.1 Å². The van der Waals surface area contributed by atoms with Gasteiger partial charge in [-0.1, -0.05) is 48.5 Å². The van der Waals surface area contributed by atoms with Crippen LogP contribution in [0, 0.1) is 12.3 Å². The molecular weight excluding hydrogens is 434 g/mol. The normalized spacial score (nSPS) is 13.9. The van der Waals surface area contributed by atoms with Crippen molar-refractivity contribution in [3.8, 4) is 23.5 Å². The fourth-order valence-corrected chi connectivity index (χ4v) is 3.78. The number of halogens is 2. The minimum atomic E-state index is -3.11. The number of ether oxygens (including phenoxy) is 1. The highest BCUT2D eigenvalue weighted by molar-refractivity contribution is 5.86. The number of carbonyl (C=O) groups is 3. The van der Waals surface area contributed by atoms with E-state index in [4.69, 9.17) is 16.3 Å². The Morgan fingerprint density at radius 2 is 1.61 bits per heavy atom. The molecular formula is C24H22F2N2O5. The minimum Gasteiger partial charge on any atom is -0.481 e. The Hall–Kier alpha value is -3.93. The number of hydrogen-bond acceptors (Lipinski definition) is 4. The number of carbonyl (C=O) groups excluding carboxylic acids is 2. The van der Waals surface area contributed by atoms with Crippen molar-refractivity contribution in [3.05, 3.63) is 59.7 Å². The number of alkyl halides is 2. The second-order valence-electron chi connectivity index (χ2n) is 7.48. The van der Waals surface area contributed by atoms with Gasteiger partial charge in [0.15, 0.2) is 0 Å². The minimum absolute atomic E-state index is 0.0110. The van der Waals surface area contributed by atoms with Gasteiger partial charge < -0.3 is 20.5 Å². The van der Waals surface area contributed by atoms with E-state index in [0.29, 0.717) is 0 Å². The highest BCUT2D eigenvalue weighted by Gasteiger charge is 2.31.